The van der Waals surface area contributed by atoms with Crippen molar-refractivity contribution in [3.63, 3.8) is 0 Å². The summed E-state index contributed by atoms with van der Waals surface area (Å²) >= 11 is 0. The van der Waals surface area contributed by atoms with Gasteiger partial charge in [0.05, 0.1) is 35.7 Å². The zero-order chi connectivity index (χ0) is 27.7. The molecule has 3 aromatic carbocycles. The highest BCUT2D eigenvalue weighted by molar-refractivity contribution is 7.86. The van der Waals surface area contributed by atoms with E-state index >= 15 is 0 Å². The van der Waals surface area contributed by atoms with E-state index in [2.05, 4.69) is 14.7 Å². The van der Waals surface area contributed by atoms with Crippen LogP contribution in [0, 0.1) is 18.6 Å². The lowest BCUT2D eigenvalue weighted by atomic mass is 10.0. The topological polar surface area (TPSA) is 95.3 Å². The number of ether oxygens (including phenoxy) is 2. The van der Waals surface area contributed by atoms with Crippen LogP contribution in [-0.2, 0) is 11.0 Å². The Kier molecular flexibility index (Phi) is 8.24. The number of hydrogen-bond acceptors (Lipinski definition) is 6. The average Bonchev–Trinajstić information content (AvgIpc) is 2.93. The molecule has 206 valence electrons. The number of aromatic nitrogens is 3. The fourth-order valence-corrected chi connectivity index (χ4v) is 5.02. The number of methoxy groups -OCH3 is 2. The molecule has 0 spiro atoms. The van der Waals surface area contributed by atoms with Gasteiger partial charge in [0.25, 0.3) is 5.56 Å². The summed E-state index contributed by atoms with van der Waals surface area (Å²) in [7, 11) is 0.888. The van der Waals surface area contributed by atoms with Crippen molar-refractivity contribution in [1.29, 1.82) is 0 Å². The summed E-state index contributed by atoms with van der Waals surface area (Å²) in [6.45, 7) is 1.76. The van der Waals surface area contributed by atoms with Gasteiger partial charge in [0, 0.05) is 17.8 Å². The van der Waals surface area contributed by atoms with Gasteiger partial charge in [0.2, 0.25) is 5.88 Å². The minimum absolute atomic E-state index is 0. The van der Waals surface area contributed by atoms with Gasteiger partial charge in [-0.15, -0.1) is 0 Å². The van der Waals surface area contributed by atoms with Gasteiger partial charge < -0.3 is 9.47 Å². The van der Waals surface area contributed by atoms with Crippen LogP contribution in [0.15, 0.2) is 82.6 Å². The number of nitrogens with zero attached hydrogens (tertiary/aromatic N) is 3. The molecule has 5 rings (SSSR count). The molecule has 0 aliphatic heterocycles. The van der Waals surface area contributed by atoms with Gasteiger partial charge in [0.15, 0.2) is 11.0 Å². The van der Waals surface area contributed by atoms with Crippen molar-refractivity contribution < 1.29 is 22.5 Å². The van der Waals surface area contributed by atoms with Gasteiger partial charge in [-0.1, -0.05) is 13.5 Å². The second-order valence-electron chi connectivity index (χ2n) is 8.46. The number of aryl methyl sites for hydroxylation is 1. The summed E-state index contributed by atoms with van der Waals surface area (Å²) in [5.41, 5.74) is 2.35. The highest BCUT2D eigenvalue weighted by atomic mass is 32.2. The van der Waals surface area contributed by atoms with Crippen molar-refractivity contribution in [2.75, 3.05) is 18.9 Å². The summed E-state index contributed by atoms with van der Waals surface area (Å²) in [6, 6.07) is 16.7. The average molecular weight is 565 g/mol. The predicted molar refractivity (Wildman–Crippen MR) is 152 cm³/mol. The first-order chi connectivity index (χ1) is 18.8. The molecule has 1 unspecified atom stereocenters. The smallest absolute Gasteiger partial charge is 0.265 e. The van der Waals surface area contributed by atoms with E-state index in [4.69, 9.17) is 9.47 Å². The summed E-state index contributed by atoms with van der Waals surface area (Å²) in [5, 5.41) is 0.385. The fraction of sp³-hybridized carbons (Fsp3) is 0.138. The maximum Gasteiger partial charge on any atom is 0.265 e. The lowest BCUT2D eigenvalue weighted by Crippen LogP contribution is -2.22. The van der Waals surface area contributed by atoms with Gasteiger partial charge >= 0.3 is 0 Å². The van der Waals surface area contributed by atoms with E-state index in [9.17, 15) is 17.8 Å². The number of nitrogens with one attached hydrogen (secondary N) is 1. The van der Waals surface area contributed by atoms with Crippen molar-refractivity contribution >= 4 is 27.6 Å². The molecule has 0 amide bonds. The van der Waals surface area contributed by atoms with Gasteiger partial charge in [-0.05, 0) is 67.1 Å². The van der Waals surface area contributed by atoms with E-state index in [0.717, 1.165) is 12.1 Å². The number of hydrogen-bond donors (Lipinski definition) is 1. The highest BCUT2D eigenvalue weighted by Crippen LogP contribution is 2.31. The molecular weight excluding hydrogens is 538 g/mol. The van der Waals surface area contributed by atoms with Crippen LogP contribution in [0.4, 0.5) is 14.5 Å². The Balaban J connectivity index is 0.00000370. The third kappa shape index (κ3) is 5.41. The first kappa shape index (κ1) is 28.4. The van der Waals surface area contributed by atoms with Crippen LogP contribution in [0.3, 0.4) is 0 Å². The molecule has 8 nitrogen and oxygen atoms in total. The second-order valence-corrected chi connectivity index (χ2v) is 9.64. The van der Waals surface area contributed by atoms with Crippen molar-refractivity contribution in [1.82, 2.24) is 14.5 Å². The molecule has 0 aliphatic rings. The van der Waals surface area contributed by atoms with Crippen molar-refractivity contribution in [3.05, 3.63) is 101 Å². The van der Waals surface area contributed by atoms with Crippen LogP contribution in [0.1, 0.15) is 13.3 Å². The Morgan fingerprint density at radius 3 is 2.35 bits per heavy atom. The lowest BCUT2D eigenvalue weighted by Gasteiger charge is -2.14. The van der Waals surface area contributed by atoms with E-state index in [1.807, 2.05) is 0 Å². The maximum absolute atomic E-state index is 14.2. The summed E-state index contributed by atoms with van der Waals surface area (Å²) < 4.78 is 55.0. The van der Waals surface area contributed by atoms with Crippen LogP contribution in [0.25, 0.3) is 27.7 Å². The van der Waals surface area contributed by atoms with Gasteiger partial charge in [-0.25, -0.2) is 23.0 Å². The van der Waals surface area contributed by atoms with E-state index in [1.54, 1.807) is 62.6 Å². The molecule has 0 bridgehead atoms. The van der Waals surface area contributed by atoms with Crippen molar-refractivity contribution in [2.24, 2.45) is 0 Å². The minimum Gasteiger partial charge on any atom is -0.497 e. The number of benzene rings is 3. The molecule has 0 radical (unpaired) electrons. The fourth-order valence-electron chi connectivity index (χ4n) is 4.14. The Labute approximate surface area is 231 Å². The predicted octanol–water partition coefficient (Wildman–Crippen LogP) is 5.82. The van der Waals surface area contributed by atoms with E-state index in [1.165, 1.54) is 17.9 Å². The van der Waals surface area contributed by atoms with Crippen LogP contribution >= 0.6 is 0 Å². The molecule has 0 saturated heterocycles. The van der Waals surface area contributed by atoms with Gasteiger partial charge in [-0.3, -0.25) is 14.1 Å². The number of halogens is 2. The number of rotatable bonds is 7. The second kappa shape index (κ2) is 11.6. The third-order valence-electron chi connectivity index (χ3n) is 6.04. The molecule has 11 heteroatoms. The largest absolute Gasteiger partial charge is 0.497 e. The van der Waals surface area contributed by atoms with Crippen LogP contribution < -0.4 is 19.8 Å². The molecule has 5 aromatic rings. The Morgan fingerprint density at radius 2 is 1.68 bits per heavy atom. The molecule has 1 N–H and O–H groups in total. The number of pyridine rings is 1. The van der Waals surface area contributed by atoms with Crippen LogP contribution in [-0.4, -0.2) is 33.0 Å². The Bertz CT molecular complexity index is 1790. The van der Waals surface area contributed by atoms with Crippen LogP contribution in [0.5, 0.6) is 11.6 Å². The first-order valence-electron chi connectivity index (χ1n) is 11.6. The first-order valence-corrected chi connectivity index (χ1v) is 12.8. The standard InChI is InChI=1S/C28H22F2N4O4S.CH4/c1-16-32-24-10-4-17(12-22(24)28(35)34(16)20-6-8-21(37-2)9-7-20)18-13-25(27(38-3)31-15-18)33-39(36)26-11-5-19(29)14-23(26)30;/h4-15,33H,1-3H3;1H4. The molecular formula is C29H26F2N4O4S. The number of fused-ring (bicyclic) bond motifs is 1. The lowest BCUT2D eigenvalue weighted by molar-refractivity contribution is 0.400. The molecule has 1 atom stereocenters. The van der Waals surface area contributed by atoms with Crippen molar-refractivity contribution in [3.8, 4) is 28.4 Å². The van der Waals surface area contributed by atoms with Gasteiger partial charge in [-0.2, -0.15) is 0 Å². The van der Waals surface area contributed by atoms with Crippen LogP contribution in [0.2, 0.25) is 0 Å². The van der Waals surface area contributed by atoms with E-state index in [0.29, 0.717) is 45.4 Å². The van der Waals surface area contributed by atoms with E-state index in [-0.39, 0.29) is 29.4 Å². The minimum atomic E-state index is -2.07. The maximum atomic E-state index is 14.2. The Morgan fingerprint density at radius 1 is 0.925 bits per heavy atom. The molecule has 0 fully saturated rings. The zero-order valence-electron chi connectivity index (χ0n) is 21.1. The van der Waals surface area contributed by atoms with Gasteiger partial charge in [0.1, 0.15) is 28.9 Å². The summed E-state index contributed by atoms with van der Waals surface area (Å²) in [4.78, 5) is 22.2. The normalized spacial score (nSPS) is 11.5. The zero-order valence-corrected chi connectivity index (χ0v) is 21.9. The molecule has 0 aliphatic carbocycles. The molecule has 0 saturated carbocycles. The van der Waals surface area contributed by atoms with Crippen molar-refractivity contribution in [2.45, 2.75) is 19.2 Å². The highest BCUT2D eigenvalue weighted by Gasteiger charge is 2.16. The quantitative estimate of drug-likeness (QED) is 0.268. The monoisotopic (exact) mass is 564 g/mol. The molecule has 2 heterocycles. The Hall–Kier alpha value is -4.64. The SMILES string of the molecule is C.COc1ccc(-n2c(C)nc3ccc(-c4cnc(OC)c(NS(=O)c5ccc(F)cc5F)c4)cc3c2=O)cc1. The molecule has 2 aromatic heterocycles. The van der Waals surface area contributed by atoms with E-state index < -0.39 is 22.6 Å². The summed E-state index contributed by atoms with van der Waals surface area (Å²) in [6.07, 6.45) is 1.54. The number of anilines is 1. The summed E-state index contributed by atoms with van der Waals surface area (Å²) in [5.74, 6) is -0.413. The molecule has 40 heavy (non-hydrogen) atoms. The third-order valence-corrected chi connectivity index (χ3v) is 7.18.